The summed E-state index contributed by atoms with van der Waals surface area (Å²) in [7, 11) is 0. The van der Waals surface area contributed by atoms with Crippen molar-refractivity contribution >= 4 is 17.2 Å². The summed E-state index contributed by atoms with van der Waals surface area (Å²) in [5, 5.41) is 15.5. The molecule has 0 bridgehead atoms. The van der Waals surface area contributed by atoms with Crippen molar-refractivity contribution in [3.05, 3.63) is 46.0 Å². The number of amides is 1. The standard InChI is InChI=1S/C14H15NO3S/c16-13(11-3-2-7-18-11)15-9-14(17)6-1-4-12-10(14)5-8-19-12/h2-3,5,7-8,17H,1,4,6,9H2,(H,15,16). The molecule has 1 aliphatic rings. The summed E-state index contributed by atoms with van der Waals surface area (Å²) >= 11 is 1.67. The Balaban J connectivity index is 1.72. The van der Waals surface area contributed by atoms with Gasteiger partial charge in [0.15, 0.2) is 5.76 Å². The topological polar surface area (TPSA) is 62.5 Å². The second kappa shape index (κ2) is 4.83. The first-order valence-corrected chi connectivity index (χ1v) is 7.18. The molecule has 0 radical (unpaired) electrons. The fourth-order valence-corrected chi connectivity index (χ4v) is 3.55. The van der Waals surface area contributed by atoms with Gasteiger partial charge in [-0.05, 0) is 48.4 Å². The van der Waals surface area contributed by atoms with E-state index in [9.17, 15) is 9.90 Å². The molecule has 0 fully saturated rings. The van der Waals surface area contributed by atoms with Crippen LogP contribution in [0.3, 0.4) is 0 Å². The molecule has 1 amide bonds. The number of hydrogen-bond acceptors (Lipinski definition) is 4. The van der Waals surface area contributed by atoms with E-state index < -0.39 is 5.60 Å². The van der Waals surface area contributed by atoms with Crippen LogP contribution in [0.5, 0.6) is 0 Å². The molecule has 1 aliphatic carbocycles. The maximum Gasteiger partial charge on any atom is 0.287 e. The van der Waals surface area contributed by atoms with Crippen molar-refractivity contribution in [2.24, 2.45) is 0 Å². The van der Waals surface area contributed by atoms with Crippen LogP contribution in [0.1, 0.15) is 33.8 Å². The van der Waals surface area contributed by atoms with Gasteiger partial charge in [0.05, 0.1) is 12.8 Å². The number of thiophene rings is 1. The Labute approximate surface area is 115 Å². The lowest BCUT2D eigenvalue weighted by molar-refractivity contribution is 0.0194. The average molecular weight is 277 g/mol. The van der Waals surface area contributed by atoms with Gasteiger partial charge in [0.2, 0.25) is 0 Å². The summed E-state index contributed by atoms with van der Waals surface area (Å²) in [6, 6.07) is 5.23. The molecule has 3 rings (SSSR count). The Bertz CT molecular complexity index is 575. The van der Waals surface area contributed by atoms with Crippen molar-refractivity contribution in [3.8, 4) is 0 Å². The largest absolute Gasteiger partial charge is 0.459 e. The molecule has 1 atom stereocenters. The molecule has 0 saturated heterocycles. The lowest BCUT2D eigenvalue weighted by Gasteiger charge is -2.32. The predicted molar refractivity (Wildman–Crippen MR) is 72.2 cm³/mol. The lowest BCUT2D eigenvalue weighted by Crippen LogP contribution is -2.42. The van der Waals surface area contributed by atoms with Gasteiger partial charge in [-0.15, -0.1) is 11.3 Å². The van der Waals surface area contributed by atoms with E-state index in [1.165, 1.54) is 11.1 Å². The van der Waals surface area contributed by atoms with Crippen LogP contribution in [0.15, 0.2) is 34.3 Å². The highest BCUT2D eigenvalue weighted by molar-refractivity contribution is 7.10. The summed E-state index contributed by atoms with van der Waals surface area (Å²) in [5.74, 6) is -0.0225. The Kier molecular flexibility index (Phi) is 3.16. The minimum absolute atomic E-state index is 0.219. The highest BCUT2D eigenvalue weighted by Gasteiger charge is 2.35. The summed E-state index contributed by atoms with van der Waals surface area (Å²) in [6.07, 6.45) is 4.10. The molecule has 0 aliphatic heterocycles. The van der Waals surface area contributed by atoms with E-state index in [1.54, 1.807) is 23.5 Å². The molecule has 2 aromatic heterocycles. The number of carbonyl (C=O) groups is 1. The number of rotatable bonds is 3. The zero-order valence-electron chi connectivity index (χ0n) is 10.4. The molecular weight excluding hydrogens is 262 g/mol. The molecule has 5 heteroatoms. The van der Waals surface area contributed by atoms with Gasteiger partial charge >= 0.3 is 0 Å². The molecule has 19 heavy (non-hydrogen) atoms. The van der Waals surface area contributed by atoms with E-state index in [-0.39, 0.29) is 18.2 Å². The molecule has 1 unspecified atom stereocenters. The van der Waals surface area contributed by atoms with E-state index in [0.29, 0.717) is 6.42 Å². The van der Waals surface area contributed by atoms with Gasteiger partial charge in [0.1, 0.15) is 5.60 Å². The smallest absolute Gasteiger partial charge is 0.287 e. The molecular formula is C14H15NO3S. The van der Waals surface area contributed by atoms with E-state index in [2.05, 4.69) is 5.32 Å². The van der Waals surface area contributed by atoms with E-state index in [0.717, 1.165) is 18.4 Å². The first-order chi connectivity index (χ1) is 9.19. The molecule has 2 N–H and O–H groups in total. The molecule has 0 spiro atoms. The molecule has 4 nitrogen and oxygen atoms in total. The SMILES string of the molecule is O=C(NCC1(O)CCCc2sccc21)c1ccco1. The third-order valence-corrected chi connectivity index (χ3v) is 4.51. The fourth-order valence-electron chi connectivity index (χ4n) is 2.53. The van der Waals surface area contributed by atoms with Crippen LogP contribution < -0.4 is 5.32 Å². The highest BCUT2D eigenvalue weighted by Crippen LogP contribution is 2.37. The van der Waals surface area contributed by atoms with Crippen LogP contribution >= 0.6 is 11.3 Å². The number of hydrogen-bond donors (Lipinski definition) is 2. The Hall–Kier alpha value is -1.59. The van der Waals surface area contributed by atoms with Gasteiger partial charge < -0.3 is 14.8 Å². The van der Waals surface area contributed by atoms with Crippen molar-refractivity contribution in [1.82, 2.24) is 5.32 Å². The first kappa shape index (κ1) is 12.4. The Morgan fingerprint density at radius 3 is 3.21 bits per heavy atom. The minimum Gasteiger partial charge on any atom is -0.459 e. The van der Waals surface area contributed by atoms with Gasteiger partial charge in [0, 0.05) is 4.88 Å². The van der Waals surface area contributed by atoms with E-state index >= 15 is 0 Å². The van der Waals surface area contributed by atoms with Crippen molar-refractivity contribution in [2.75, 3.05) is 6.54 Å². The quantitative estimate of drug-likeness (QED) is 0.905. The number of aryl methyl sites for hydroxylation is 1. The van der Waals surface area contributed by atoms with Crippen molar-refractivity contribution in [2.45, 2.75) is 24.9 Å². The second-order valence-corrected chi connectivity index (χ2v) is 5.80. The third-order valence-electron chi connectivity index (χ3n) is 3.53. The molecule has 2 heterocycles. The molecule has 0 saturated carbocycles. The van der Waals surface area contributed by atoms with Crippen LogP contribution in [0.2, 0.25) is 0 Å². The number of aliphatic hydroxyl groups is 1. The zero-order chi connectivity index (χ0) is 13.3. The zero-order valence-corrected chi connectivity index (χ0v) is 11.2. The number of furan rings is 1. The van der Waals surface area contributed by atoms with Gasteiger partial charge in [0.25, 0.3) is 5.91 Å². The molecule has 0 aromatic carbocycles. The average Bonchev–Trinajstić information content (AvgIpc) is 3.07. The minimum atomic E-state index is -0.949. The molecule has 2 aromatic rings. The van der Waals surface area contributed by atoms with Crippen molar-refractivity contribution < 1.29 is 14.3 Å². The van der Waals surface area contributed by atoms with Gasteiger partial charge in [-0.2, -0.15) is 0 Å². The van der Waals surface area contributed by atoms with E-state index in [4.69, 9.17) is 4.42 Å². The monoisotopic (exact) mass is 277 g/mol. The second-order valence-electron chi connectivity index (χ2n) is 4.80. The Morgan fingerprint density at radius 1 is 1.53 bits per heavy atom. The van der Waals surface area contributed by atoms with Crippen molar-refractivity contribution in [3.63, 3.8) is 0 Å². The lowest BCUT2D eigenvalue weighted by atomic mass is 9.83. The first-order valence-electron chi connectivity index (χ1n) is 6.30. The normalized spacial score (nSPS) is 21.9. The van der Waals surface area contributed by atoms with E-state index in [1.807, 2.05) is 11.4 Å². The van der Waals surface area contributed by atoms with Gasteiger partial charge in [-0.25, -0.2) is 0 Å². The summed E-state index contributed by atoms with van der Waals surface area (Å²) in [6.45, 7) is 0.219. The molecule has 100 valence electrons. The highest BCUT2D eigenvalue weighted by atomic mass is 32.1. The van der Waals surface area contributed by atoms with Gasteiger partial charge in [-0.3, -0.25) is 4.79 Å². The maximum absolute atomic E-state index is 11.8. The number of carbonyl (C=O) groups excluding carboxylic acids is 1. The summed E-state index contributed by atoms with van der Waals surface area (Å²) in [4.78, 5) is 13.1. The fraction of sp³-hybridized carbons (Fsp3) is 0.357. The van der Waals surface area contributed by atoms with Crippen LogP contribution in [-0.4, -0.2) is 17.6 Å². The van der Waals surface area contributed by atoms with Crippen LogP contribution in [0, 0.1) is 0 Å². The summed E-state index contributed by atoms with van der Waals surface area (Å²) in [5.41, 5.74) is 0.0130. The summed E-state index contributed by atoms with van der Waals surface area (Å²) < 4.78 is 5.03. The van der Waals surface area contributed by atoms with Crippen LogP contribution in [0.25, 0.3) is 0 Å². The van der Waals surface area contributed by atoms with Crippen LogP contribution in [0.4, 0.5) is 0 Å². The van der Waals surface area contributed by atoms with Gasteiger partial charge in [-0.1, -0.05) is 0 Å². The number of fused-ring (bicyclic) bond motifs is 1. The predicted octanol–water partition coefficient (Wildman–Crippen LogP) is 2.29. The van der Waals surface area contributed by atoms with Crippen LogP contribution in [-0.2, 0) is 12.0 Å². The van der Waals surface area contributed by atoms with Crippen molar-refractivity contribution in [1.29, 1.82) is 0 Å². The maximum atomic E-state index is 11.8. The number of nitrogens with one attached hydrogen (secondary N) is 1. The Morgan fingerprint density at radius 2 is 2.42 bits per heavy atom. The third kappa shape index (κ3) is 2.31.